The van der Waals surface area contributed by atoms with Gasteiger partial charge in [0.1, 0.15) is 0 Å². The van der Waals surface area contributed by atoms with E-state index in [1.165, 1.54) is 22.3 Å². The first-order valence-electron chi connectivity index (χ1n) is 7.63. The smallest absolute Gasteiger partial charge is 0.183 e. The van der Waals surface area contributed by atoms with Gasteiger partial charge in [-0.05, 0) is 38.1 Å². The van der Waals surface area contributed by atoms with Gasteiger partial charge in [0.25, 0.3) is 0 Å². The van der Waals surface area contributed by atoms with Gasteiger partial charge in [-0.2, -0.15) is 0 Å². The van der Waals surface area contributed by atoms with Crippen molar-refractivity contribution in [3.05, 3.63) is 70.8 Å². The Balaban J connectivity index is 1.74. The molecule has 0 amide bonds. The first kappa shape index (κ1) is 16.9. The van der Waals surface area contributed by atoms with E-state index >= 15 is 0 Å². The van der Waals surface area contributed by atoms with E-state index in [-0.39, 0.29) is 0 Å². The van der Waals surface area contributed by atoms with Crippen LogP contribution in [0, 0.1) is 13.8 Å². The molecule has 2 rings (SSSR count). The zero-order chi connectivity index (χ0) is 15.9. The van der Waals surface area contributed by atoms with Crippen molar-refractivity contribution in [1.29, 1.82) is 0 Å². The molecule has 2 nitrogen and oxygen atoms in total. The Labute approximate surface area is 137 Å². The van der Waals surface area contributed by atoms with Crippen LogP contribution in [-0.2, 0) is 13.1 Å². The molecule has 0 bridgehead atoms. The van der Waals surface area contributed by atoms with Crippen molar-refractivity contribution < 1.29 is 0 Å². The van der Waals surface area contributed by atoms with Gasteiger partial charge in [-0.3, -0.25) is 0 Å². The summed E-state index contributed by atoms with van der Waals surface area (Å²) in [6.07, 6.45) is 0. The van der Waals surface area contributed by atoms with Gasteiger partial charge in [-0.25, -0.2) is 0 Å². The Hall–Kier alpha value is -1.51. The van der Waals surface area contributed by atoms with Crippen LogP contribution in [0.4, 0.5) is 0 Å². The molecule has 0 aliphatic heterocycles. The Morgan fingerprint density at radius 2 is 0.955 bits per heavy atom. The molecule has 22 heavy (non-hydrogen) atoms. The third-order valence-electron chi connectivity index (χ3n) is 3.69. The van der Waals surface area contributed by atoms with Crippen LogP contribution < -0.4 is 0 Å². The molecule has 0 unspecified atom stereocenters. The maximum atomic E-state index is 6.06. The minimum Gasteiger partial charge on any atom is -0.349 e. The van der Waals surface area contributed by atoms with Gasteiger partial charge in [-0.1, -0.05) is 59.7 Å². The van der Waals surface area contributed by atoms with Crippen LogP contribution in [0.25, 0.3) is 0 Å². The molecular weight excluding hydrogens is 266 g/mol. The standard InChI is InChI=1S/C18H22B2N2/c1-15-3-7-17(8-4-15)13-21(19)11-12-22(20)14-18-9-5-16(2)6-10-18/h3-10H,11-14H2,1-2H3. The number of hydrogen-bond donors (Lipinski definition) is 0. The van der Waals surface area contributed by atoms with Crippen molar-refractivity contribution in [3.8, 4) is 0 Å². The summed E-state index contributed by atoms with van der Waals surface area (Å²) in [4.78, 5) is 3.61. The second-order valence-electron chi connectivity index (χ2n) is 5.91. The molecule has 0 saturated heterocycles. The fourth-order valence-corrected chi connectivity index (χ4v) is 2.27. The molecule has 0 spiro atoms. The zero-order valence-electron chi connectivity index (χ0n) is 13.5. The van der Waals surface area contributed by atoms with Crippen LogP contribution in [0.15, 0.2) is 48.5 Å². The fraction of sp³-hybridized carbons (Fsp3) is 0.333. The predicted octanol–water partition coefficient (Wildman–Crippen LogP) is 2.77. The summed E-state index contributed by atoms with van der Waals surface area (Å²) < 4.78 is 0. The van der Waals surface area contributed by atoms with Gasteiger partial charge in [0.05, 0.1) is 0 Å². The predicted molar refractivity (Wildman–Crippen MR) is 94.7 cm³/mol. The van der Waals surface area contributed by atoms with Crippen molar-refractivity contribution in [2.24, 2.45) is 0 Å². The second kappa shape index (κ2) is 8.21. The molecule has 110 valence electrons. The van der Waals surface area contributed by atoms with E-state index in [1.54, 1.807) is 9.62 Å². The SMILES string of the molecule is [B]N(CCN([B])Cc1ccc(C)cc1)Cc1ccc(C)cc1. The Bertz CT molecular complexity index is 513. The van der Waals surface area contributed by atoms with Gasteiger partial charge in [0.2, 0.25) is 0 Å². The first-order valence-corrected chi connectivity index (χ1v) is 7.63. The highest BCUT2D eigenvalue weighted by Gasteiger charge is 2.04. The minimum absolute atomic E-state index is 0.732. The van der Waals surface area contributed by atoms with E-state index in [0.29, 0.717) is 0 Å². The summed E-state index contributed by atoms with van der Waals surface area (Å²) in [6.45, 7) is 7.10. The first-order chi connectivity index (χ1) is 10.5. The molecule has 0 aliphatic carbocycles. The highest BCUT2D eigenvalue weighted by Crippen LogP contribution is 2.07. The van der Waals surface area contributed by atoms with Gasteiger partial charge in [-0.15, -0.1) is 0 Å². The van der Waals surface area contributed by atoms with Gasteiger partial charge in [0, 0.05) is 13.1 Å². The average molecular weight is 288 g/mol. The van der Waals surface area contributed by atoms with Crippen LogP contribution >= 0.6 is 0 Å². The maximum absolute atomic E-state index is 6.06. The normalized spacial score (nSPS) is 11.3. The molecule has 4 heteroatoms. The summed E-state index contributed by atoms with van der Waals surface area (Å²) in [5, 5.41) is 0. The van der Waals surface area contributed by atoms with E-state index in [0.717, 1.165) is 26.2 Å². The average Bonchev–Trinajstić information content (AvgIpc) is 2.50. The fourth-order valence-electron chi connectivity index (χ4n) is 2.27. The lowest BCUT2D eigenvalue weighted by molar-refractivity contribution is 0.364. The Morgan fingerprint density at radius 1 is 0.636 bits per heavy atom. The summed E-state index contributed by atoms with van der Waals surface area (Å²) in [5.74, 6) is 0. The summed E-state index contributed by atoms with van der Waals surface area (Å²) >= 11 is 0. The van der Waals surface area contributed by atoms with Crippen molar-refractivity contribution in [3.63, 3.8) is 0 Å². The van der Waals surface area contributed by atoms with Crippen molar-refractivity contribution in [2.45, 2.75) is 26.9 Å². The third-order valence-corrected chi connectivity index (χ3v) is 3.69. The van der Waals surface area contributed by atoms with Crippen LogP contribution in [0.5, 0.6) is 0 Å². The van der Waals surface area contributed by atoms with Crippen LogP contribution in [0.3, 0.4) is 0 Å². The monoisotopic (exact) mass is 288 g/mol. The van der Waals surface area contributed by atoms with Crippen LogP contribution in [0.1, 0.15) is 22.3 Å². The molecule has 0 fully saturated rings. The second-order valence-corrected chi connectivity index (χ2v) is 5.91. The molecule has 0 aromatic heterocycles. The molecule has 2 aromatic carbocycles. The minimum atomic E-state index is 0.732. The lowest BCUT2D eigenvalue weighted by atomic mass is 10.1. The molecule has 0 atom stereocenters. The van der Waals surface area contributed by atoms with E-state index in [4.69, 9.17) is 16.0 Å². The molecule has 0 heterocycles. The number of benzene rings is 2. The van der Waals surface area contributed by atoms with Gasteiger partial charge >= 0.3 is 0 Å². The van der Waals surface area contributed by atoms with Crippen molar-refractivity contribution in [1.82, 2.24) is 9.62 Å². The lowest BCUT2D eigenvalue weighted by Crippen LogP contribution is -2.32. The maximum Gasteiger partial charge on any atom is 0.183 e. The number of hydrogen-bond acceptors (Lipinski definition) is 2. The van der Waals surface area contributed by atoms with E-state index in [9.17, 15) is 0 Å². The topological polar surface area (TPSA) is 6.48 Å². The highest BCUT2D eigenvalue weighted by molar-refractivity contribution is 6.05. The van der Waals surface area contributed by atoms with Crippen molar-refractivity contribution in [2.75, 3.05) is 13.1 Å². The molecule has 0 N–H and O–H groups in total. The summed E-state index contributed by atoms with van der Waals surface area (Å²) in [7, 11) is 12.1. The number of aryl methyl sites for hydroxylation is 2. The highest BCUT2D eigenvalue weighted by atomic mass is 15.1. The molecule has 0 saturated carbocycles. The van der Waals surface area contributed by atoms with Gasteiger partial charge < -0.3 is 9.62 Å². The third kappa shape index (κ3) is 5.70. The van der Waals surface area contributed by atoms with Crippen LogP contribution in [0.2, 0.25) is 0 Å². The summed E-state index contributed by atoms with van der Waals surface area (Å²) in [6, 6.07) is 16.9. The van der Waals surface area contributed by atoms with Gasteiger partial charge in [0.15, 0.2) is 16.0 Å². The summed E-state index contributed by atoms with van der Waals surface area (Å²) in [5.41, 5.74) is 4.96. The van der Waals surface area contributed by atoms with Crippen LogP contribution in [-0.4, -0.2) is 38.7 Å². The number of rotatable bonds is 7. The van der Waals surface area contributed by atoms with E-state index in [1.807, 2.05) is 0 Å². The number of nitrogens with zero attached hydrogens (tertiary/aromatic N) is 2. The zero-order valence-corrected chi connectivity index (χ0v) is 13.5. The Kier molecular flexibility index (Phi) is 6.29. The quantitative estimate of drug-likeness (QED) is 0.723. The molecular formula is C18H22B2N2. The molecule has 0 aliphatic rings. The van der Waals surface area contributed by atoms with Crippen molar-refractivity contribution >= 4 is 16.0 Å². The molecule has 2 aromatic rings. The largest absolute Gasteiger partial charge is 0.349 e. The molecule has 4 radical (unpaired) electrons. The van der Waals surface area contributed by atoms with E-state index in [2.05, 4.69) is 62.4 Å². The Morgan fingerprint density at radius 3 is 1.27 bits per heavy atom. The van der Waals surface area contributed by atoms with E-state index < -0.39 is 0 Å². The lowest BCUT2D eigenvalue weighted by Gasteiger charge is -2.23.